The van der Waals surface area contributed by atoms with Crippen molar-refractivity contribution in [3.63, 3.8) is 0 Å². The van der Waals surface area contributed by atoms with E-state index < -0.39 is 16.5 Å². The Morgan fingerprint density at radius 1 is 1.20 bits per heavy atom. The second kappa shape index (κ2) is 5.77. The normalized spacial score (nSPS) is 10.8. The lowest BCUT2D eigenvalue weighted by atomic mass is 10.2. The molecule has 86 valence electrons. The van der Waals surface area contributed by atoms with E-state index in [2.05, 4.69) is 0 Å². The van der Waals surface area contributed by atoms with Crippen LogP contribution in [0.5, 0.6) is 0 Å². The van der Waals surface area contributed by atoms with Crippen LogP contribution in [0.1, 0.15) is 12.5 Å². The SMILES string of the molecule is CC(F)F.Cc1ccc(S(=O)(=O)O)cc1. The Labute approximate surface area is 87.5 Å². The number of benzene rings is 1. The van der Waals surface area contributed by atoms with Crippen molar-refractivity contribution in [2.75, 3.05) is 0 Å². The van der Waals surface area contributed by atoms with E-state index in [9.17, 15) is 17.2 Å². The number of hydrogen-bond donors (Lipinski definition) is 1. The van der Waals surface area contributed by atoms with Crippen LogP contribution in [0.3, 0.4) is 0 Å². The first-order valence-electron chi connectivity index (χ1n) is 4.06. The predicted octanol–water partition coefficient (Wildman–Crippen LogP) is 2.51. The van der Waals surface area contributed by atoms with Crippen LogP contribution in [0.2, 0.25) is 0 Å². The summed E-state index contributed by atoms with van der Waals surface area (Å²) in [5, 5.41) is 0. The van der Waals surface area contributed by atoms with E-state index in [1.165, 1.54) is 12.1 Å². The molecule has 0 bridgehead atoms. The summed E-state index contributed by atoms with van der Waals surface area (Å²) < 4.78 is 50.2. The van der Waals surface area contributed by atoms with Gasteiger partial charge in [0, 0.05) is 0 Å². The van der Waals surface area contributed by atoms with Crippen LogP contribution in [-0.4, -0.2) is 19.4 Å². The molecule has 0 radical (unpaired) electrons. The largest absolute Gasteiger partial charge is 0.294 e. The third-order valence-corrected chi connectivity index (χ3v) is 2.19. The van der Waals surface area contributed by atoms with Crippen LogP contribution >= 0.6 is 0 Å². The number of alkyl halides is 2. The molecule has 3 nitrogen and oxygen atoms in total. The minimum absolute atomic E-state index is 0.0666. The van der Waals surface area contributed by atoms with Gasteiger partial charge in [0.05, 0.1) is 4.90 Å². The maximum atomic E-state index is 10.5. The highest BCUT2D eigenvalue weighted by atomic mass is 32.2. The summed E-state index contributed by atoms with van der Waals surface area (Å²) in [5.41, 5.74) is 0.956. The minimum Gasteiger partial charge on any atom is -0.282 e. The topological polar surface area (TPSA) is 54.4 Å². The summed E-state index contributed by atoms with van der Waals surface area (Å²) in [4.78, 5) is -0.0666. The quantitative estimate of drug-likeness (QED) is 0.765. The first kappa shape index (κ1) is 14.0. The molecule has 1 aromatic rings. The first-order chi connectivity index (χ1) is 6.73. The lowest BCUT2D eigenvalue weighted by Gasteiger charge is -1.95. The molecule has 0 unspecified atom stereocenters. The zero-order chi connectivity index (χ0) is 12.1. The fourth-order valence-corrected chi connectivity index (χ4v) is 1.19. The van der Waals surface area contributed by atoms with Gasteiger partial charge < -0.3 is 0 Å². The summed E-state index contributed by atoms with van der Waals surface area (Å²) in [5.74, 6) is 0. The maximum absolute atomic E-state index is 10.5. The van der Waals surface area contributed by atoms with Gasteiger partial charge in [0.15, 0.2) is 0 Å². The maximum Gasteiger partial charge on any atom is 0.294 e. The fraction of sp³-hybridized carbons (Fsp3) is 0.333. The minimum atomic E-state index is -4.02. The fourth-order valence-electron chi connectivity index (χ4n) is 0.710. The molecule has 0 atom stereocenters. The van der Waals surface area contributed by atoms with Gasteiger partial charge in [-0.05, 0) is 26.0 Å². The highest BCUT2D eigenvalue weighted by Crippen LogP contribution is 2.08. The Morgan fingerprint density at radius 3 is 1.80 bits per heavy atom. The van der Waals surface area contributed by atoms with Crippen molar-refractivity contribution in [3.05, 3.63) is 29.8 Å². The first-order valence-corrected chi connectivity index (χ1v) is 5.50. The smallest absolute Gasteiger partial charge is 0.282 e. The highest BCUT2D eigenvalue weighted by Gasteiger charge is 2.06. The number of aryl methyl sites for hydroxylation is 1. The average Bonchev–Trinajstić information content (AvgIpc) is 2.01. The molecular formula is C9H12F2O3S. The van der Waals surface area contributed by atoms with Crippen molar-refractivity contribution in [2.45, 2.75) is 25.2 Å². The third kappa shape index (κ3) is 6.98. The highest BCUT2D eigenvalue weighted by molar-refractivity contribution is 7.85. The Balaban J connectivity index is 0.000000423. The molecular weight excluding hydrogens is 226 g/mol. The molecule has 0 saturated heterocycles. The van der Waals surface area contributed by atoms with Crippen LogP contribution in [0, 0.1) is 6.92 Å². The molecule has 1 N–H and O–H groups in total. The van der Waals surface area contributed by atoms with Gasteiger partial charge in [-0.3, -0.25) is 4.55 Å². The molecule has 0 fully saturated rings. The number of hydrogen-bond acceptors (Lipinski definition) is 2. The number of halogens is 2. The second-order valence-corrected chi connectivity index (χ2v) is 4.23. The van der Waals surface area contributed by atoms with E-state index in [-0.39, 0.29) is 4.90 Å². The predicted molar refractivity (Wildman–Crippen MR) is 52.7 cm³/mol. The summed E-state index contributed by atoms with van der Waals surface area (Å²) >= 11 is 0. The summed E-state index contributed by atoms with van der Waals surface area (Å²) in [6.07, 6.45) is -2.17. The van der Waals surface area contributed by atoms with E-state index in [1.807, 2.05) is 6.92 Å². The molecule has 15 heavy (non-hydrogen) atoms. The van der Waals surface area contributed by atoms with Gasteiger partial charge in [0.1, 0.15) is 0 Å². The summed E-state index contributed by atoms with van der Waals surface area (Å²) in [6, 6.07) is 5.99. The molecule has 0 heterocycles. The van der Waals surface area contributed by atoms with Gasteiger partial charge in [-0.15, -0.1) is 0 Å². The van der Waals surface area contributed by atoms with Gasteiger partial charge in [-0.2, -0.15) is 8.42 Å². The Hall–Kier alpha value is -1.01. The van der Waals surface area contributed by atoms with E-state index in [1.54, 1.807) is 12.1 Å². The number of rotatable bonds is 1. The zero-order valence-corrected chi connectivity index (χ0v) is 9.13. The molecule has 6 heteroatoms. The molecule has 1 aromatic carbocycles. The van der Waals surface area contributed by atoms with Crippen LogP contribution in [-0.2, 0) is 10.1 Å². The molecule has 1 rings (SSSR count). The Bertz CT molecular complexity index is 382. The summed E-state index contributed by atoms with van der Waals surface area (Å²) in [6.45, 7) is 2.67. The Kier molecular flexibility index (Phi) is 5.38. The van der Waals surface area contributed by atoms with Gasteiger partial charge >= 0.3 is 0 Å². The third-order valence-electron chi connectivity index (χ3n) is 1.32. The Morgan fingerprint density at radius 2 is 1.53 bits per heavy atom. The van der Waals surface area contributed by atoms with Gasteiger partial charge in [0.2, 0.25) is 6.43 Å². The molecule has 0 aliphatic carbocycles. The van der Waals surface area contributed by atoms with Crippen LogP contribution in [0.25, 0.3) is 0 Å². The van der Waals surface area contributed by atoms with Crippen molar-refractivity contribution in [3.8, 4) is 0 Å². The molecule has 0 aliphatic heterocycles. The van der Waals surface area contributed by atoms with Crippen LogP contribution in [0.15, 0.2) is 29.2 Å². The molecule has 0 saturated carbocycles. The molecule has 0 aliphatic rings. The van der Waals surface area contributed by atoms with E-state index >= 15 is 0 Å². The van der Waals surface area contributed by atoms with Gasteiger partial charge in [0.25, 0.3) is 10.1 Å². The van der Waals surface area contributed by atoms with E-state index in [0.29, 0.717) is 0 Å². The molecule has 0 aromatic heterocycles. The van der Waals surface area contributed by atoms with Crippen molar-refractivity contribution >= 4 is 10.1 Å². The van der Waals surface area contributed by atoms with Crippen molar-refractivity contribution < 1.29 is 21.8 Å². The van der Waals surface area contributed by atoms with Crippen molar-refractivity contribution in [1.29, 1.82) is 0 Å². The lowest BCUT2D eigenvalue weighted by Crippen LogP contribution is -1.96. The van der Waals surface area contributed by atoms with Crippen LogP contribution < -0.4 is 0 Å². The van der Waals surface area contributed by atoms with Crippen molar-refractivity contribution in [1.82, 2.24) is 0 Å². The standard InChI is InChI=1S/C7H8O3S.C2H4F2/c1-6-2-4-7(5-3-6)11(8,9)10;1-2(3)4/h2-5H,1H3,(H,8,9,10);2H,1H3. The molecule has 0 amide bonds. The molecule has 0 spiro atoms. The van der Waals surface area contributed by atoms with Crippen LogP contribution in [0.4, 0.5) is 8.78 Å². The van der Waals surface area contributed by atoms with Crippen molar-refractivity contribution in [2.24, 2.45) is 0 Å². The monoisotopic (exact) mass is 238 g/mol. The van der Waals surface area contributed by atoms with E-state index in [0.717, 1.165) is 12.5 Å². The van der Waals surface area contributed by atoms with Gasteiger partial charge in [-0.1, -0.05) is 17.7 Å². The average molecular weight is 238 g/mol. The zero-order valence-electron chi connectivity index (χ0n) is 8.31. The lowest BCUT2D eigenvalue weighted by molar-refractivity contribution is 0.171. The summed E-state index contributed by atoms with van der Waals surface area (Å²) in [7, 11) is -4.02. The van der Waals surface area contributed by atoms with E-state index in [4.69, 9.17) is 4.55 Å². The van der Waals surface area contributed by atoms with Gasteiger partial charge in [-0.25, -0.2) is 8.78 Å². The second-order valence-electron chi connectivity index (χ2n) is 2.81.